The predicted octanol–water partition coefficient (Wildman–Crippen LogP) is 0.168. The summed E-state index contributed by atoms with van der Waals surface area (Å²) >= 11 is 0. The monoisotopic (exact) mass is 588 g/mol. The fraction of sp³-hybridized carbons (Fsp3) is 1.00. The fourth-order valence-electron chi connectivity index (χ4n) is 1.78. The summed E-state index contributed by atoms with van der Waals surface area (Å²) in [4.78, 5) is 0. The molecule has 0 heterocycles. The van der Waals surface area contributed by atoms with Gasteiger partial charge in [-0.25, -0.2) is 39.1 Å². The van der Waals surface area contributed by atoms with E-state index in [1.807, 2.05) is 0 Å². The molecule has 3 N–H and O–H groups in total. The van der Waals surface area contributed by atoms with Crippen molar-refractivity contribution in [3.63, 3.8) is 0 Å². The lowest BCUT2D eigenvalue weighted by Gasteiger charge is -2.38. The van der Waals surface area contributed by atoms with E-state index in [9.17, 15) is 86.4 Å². The molecule has 0 aliphatic carbocycles. The smallest absolute Gasteiger partial charge is 0.269 e. The molecule has 0 atom stereocenters. The molecule has 194 valence electrons. The van der Waals surface area contributed by atoms with Crippen LogP contribution in [0.1, 0.15) is 0 Å². The summed E-state index contributed by atoms with van der Waals surface area (Å²) in [6.07, 6.45) is 0. The fourth-order valence-corrected chi connectivity index (χ4v) is 11.5. The summed E-state index contributed by atoms with van der Waals surface area (Å²) in [6, 6.07) is 0. The Labute approximate surface area is 168 Å². The Morgan fingerprint density at radius 1 is 0.500 bits per heavy atom. The molecule has 10 nitrogen and oxygen atoms in total. The third-order valence-electron chi connectivity index (χ3n) is 3.13. The Morgan fingerprint density at radius 3 is 0.844 bits per heavy atom. The molecular formula is C6H4F12N2O8S4. The van der Waals surface area contributed by atoms with Gasteiger partial charge in [-0.3, -0.25) is 5.84 Å². The van der Waals surface area contributed by atoms with Crippen molar-refractivity contribution in [1.82, 2.24) is 5.43 Å². The number of sulfone groups is 4. The number of hydrogen-bond acceptors (Lipinski definition) is 10. The molecule has 32 heavy (non-hydrogen) atoms. The van der Waals surface area contributed by atoms with Crippen LogP contribution in [0.15, 0.2) is 0 Å². The van der Waals surface area contributed by atoms with Gasteiger partial charge in [0, 0.05) is 0 Å². The minimum atomic E-state index is -8.88. The molecule has 0 fully saturated rings. The number of hydrazine groups is 1. The number of hydrogen-bond donors (Lipinski definition) is 2. The topological polar surface area (TPSA) is 175 Å². The van der Waals surface area contributed by atoms with E-state index < -0.39 is 75.6 Å². The molecule has 0 aromatic heterocycles. The first kappa shape index (κ1) is 30.9. The van der Waals surface area contributed by atoms with Crippen molar-refractivity contribution in [3.8, 4) is 0 Å². The van der Waals surface area contributed by atoms with Crippen LogP contribution in [0.25, 0.3) is 0 Å². The van der Waals surface area contributed by atoms with Gasteiger partial charge in [-0.15, -0.1) is 0 Å². The minimum absolute atomic E-state index is 0.709. The van der Waals surface area contributed by atoms with E-state index in [-0.39, 0.29) is 0 Å². The van der Waals surface area contributed by atoms with Crippen molar-refractivity contribution >= 4 is 39.3 Å². The number of halogens is 12. The van der Waals surface area contributed by atoms with Crippen molar-refractivity contribution in [1.29, 1.82) is 0 Å². The van der Waals surface area contributed by atoms with Crippen LogP contribution in [0, 0.1) is 0 Å². The average molecular weight is 588 g/mol. The summed E-state index contributed by atoms with van der Waals surface area (Å²) in [5.74, 6) is 3.88. The van der Waals surface area contributed by atoms with E-state index in [4.69, 9.17) is 0 Å². The highest BCUT2D eigenvalue weighted by atomic mass is 32.3. The quantitative estimate of drug-likeness (QED) is 0.247. The van der Waals surface area contributed by atoms with Gasteiger partial charge >= 0.3 is 22.0 Å². The number of nitrogens with two attached hydrogens (primary N) is 1. The van der Waals surface area contributed by atoms with Gasteiger partial charge in [-0.1, -0.05) is 0 Å². The molecule has 0 unspecified atom stereocenters. The van der Waals surface area contributed by atoms with Gasteiger partial charge in [0.1, 0.15) is 0 Å². The zero-order valence-corrected chi connectivity index (χ0v) is 16.9. The summed E-state index contributed by atoms with van der Waals surface area (Å²) < 4.78 is 232. The Morgan fingerprint density at radius 2 is 0.719 bits per heavy atom. The standard InChI is InChI=1S/C6H4F12N2O8S4/c7-3(8,9)29(21,22)1(30(23,24)4(10,11)12)2(20-19,31(25,26)5(13,14)15)32(27,28)6(16,17)18/h1,20H,19H2. The Bertz CT molecular complexity index is 1070. The molecule has 0 saturated heterocycles. The Kier molecular flexibility index (Phi) is 7.43. The molecule has 0 amide bonds. The normalized spacial score (nSPS) is 16.4. The maximum atomic E-state index is 12.9. The molecule has 26 heteroatoms. The van der Waals surface area contributed by atoms with Gasteiger partial charge in [0.05, 0.1) is 0 Å². The van der Waals surface area contributed by atoms with Crippen molar-refractivity contribution in [3.05, 3.63) is 0 Å². The third-order valence-corrected chi connectivity index (χ3v) is 13.2. The van der Waals surface area contributed by atoms with Crippen molar-refractivity contribution < 1.29 is 86.4 Å². The summed E-state index contributed by atoms with van der Waals surface area (Å²) in [6.45, 7) is 0. The van der Waals surface area contributed by atoms with Gasteiger partial charge in [0.15, 0.2) is 0 Å². The molecule has 0 spiro atoms. The first-order valence-electron chi connectivity index (χ1n) is 6.12. The lowest BCUT2D eigenvalue weighted by molar-refractivity contribution is -0.0540. The first-order valence-corrected chi connectivity index (χ1v) is 12.2. The molecule has 0 saturated carbocycles. The van der Waals surface area contributed by atoms with Gasteiger partial charge in [0.2, 0.25) is 4.58 Å². The summed E-state index contributed by atoms with van der Waals surface area (Å²) in [5.41, 5.74) is -31.2. The first-order chi connectivity index (χ1) is 13.4. The van der Waals surface area contributed by atoms with Gasteiger partial charge < -0.3 is 0 Å². The SMILES string of the molecule is NNC(C(S(=O)(=O)C(F)(F)F)S(=O)(=O)C(F)(F)F)(S(=O)(=O)C(F)(F)F)S(=O)(=O)C(F)(F)F. The van der Waals surface area contributed by atoms with Crippen LogP contribution >= 0.6 is 0 Å². The molecule has 0 aliphatic heterocycles. The number of alkyl halides is 12. The Balaban J connectivity index is 8.68. The molecule has 0 radical (unpaired) electrons. The predicted molar refractivity (Wildman–Crippen MR) is 73.7 cm³/mol. The maximum absolute atomic E-state index is 12.9. The second kappa shape index (κ2) is 7.70. The average Bonchev–Trinajstić information content (AvgIpc) is 2.46. The zero-order chi connectivity index (χ0) is 26.8. The second-order valence-corrected chi connectivity index (χ2v) is 13.9. The van der Waals surface area contributed by atoms with Crippen LogP contribution in [0.2, 0.25) is 0 Å². The van der Waals surface area contributed by atoms with Crippen LogP contribution in [-0.2, 0) is 39.3 Å². The molecule has 0 aliphatic rings. The van der Waals surface area contributed by atoms with Crippen molar-refractivity contribution in [2.24, 2.45) is 5.84 Å². The van der Waals surface area contributed by atoms with Gasteiger partial charge in [-0.05, 0) is 0 Å². The molecule has 0 aromatic rings. The summed E-state index contributed by atoms with van der Waals surface area (Å²) in [5, 5.41) is 0. The third kappa shape index (κ3) is 4.11. The summed E-state index contributed by atoms with van der Waals surface area (Å²) in [7, 11) is -35.2. The van der Waals surface area contributed by atoms with Crippen LogP contribution < -0.4 is 11.3 Å². The van der Waals surface area contributed by atoms with E-state index in [0.29, 0.717) is 0 Å². The minimum Gasteiger partial charge on any atom is -0.269 e. The molecule has 0 bridgehead atoms. The van der Waals surface area contributed by atoms with Crippen molar-refractivity contribution in [2.75, 3.05) is 0 Å². The highest BCUT2D eigenvalue weighted by molar-refractivity contribution is 8.17. The van der Waals surface area contributed by atoms with Crippen LogP contribution in [0.4, 0.5) is 52.7 Å². The largest absolute Gasteiger partial charge is 0.500 e. The molecule has 0 rings (SSSR count). The van der Waals surface area contributed by atoms with E-state index in [1.54, 1.807) is 0 Å². The van der Waals surface area contributed by atoms with E-state index in [1.165, 1.54) is 0 Å². The van der Waals surface area contributed by atoms with Gasteiger partial charge in [-0.2, -0.15) is 52.7 Å². The van der Waals surface area contributed by atoms with E-state index in [0.717, 1.165) is 0 Å². The molecular weight excluding hydrogens is 584 g/mol. The second-order valence-electron chi connectivity index (χ2n) is 5.02. The Hall–Kier alpha value is -1.12. The number of nitrogens with one attached hydrogen (secondary N) is 1. The lowest BCUT2D eigenvalue weighted by Crippen LogP contribution is -2.76. The van der Waals surface area contributed by atoms with Crippen LogP contribution in [0.5, 0.6) is 0 Å². The van der Waals surface area contributed by atoms with E-state index in [2.05, 4.69) is 5.84 Å². The lowest BCUT2D eigenvalue weighted by atomic mass is 10.7. The highest BCUT2D eigenvalue weighted by Crippen LogP contribution is 2.51. The zero-order valence-electron chi connectivity index (χ0n) is 13.6. The number of rotatable bonds is 6. The van der Waals surface area contributed by atoms with Crippen LogP contribution in [-0.4, -0.2) is 64.5 Å². The van der Waals surface area contributed by atoms with Crippen molar-refractivity contribution in [2.45, 2.75) is 30.8 Å². The highest BCUT2D eigenvalue weighted by Gasteiger charge is 2.84. The maximum Gasteiger partial charge on any atom is 0.500 e. The van der Waals surface area contributed by atoms with Gasteiger partial charge in [0.25, 0.3) is 43.6 Å². The van der Waals surface area contributed by atoms with Crippen LogP contribution in [0.3, 0.4) is 0 Å². The molecule has 0 aromatic carbocycles. The van der Waals surface area contributed by atoms with E-state index >= 15 is 0 Å².